The average molecular weight is 263 g/mol. The minimum absolute atomic E-state index is 0.286. The molecule has 1 amide bonds. The van der Waals surface area contributed by atoms with Crippen molar-refractivity contribution in [2.75, 3.05) is 5.73 Å². The van der Waals surface area contributed by atoms with Crippen molar-refractivity contribution in [3.63, 3.8) is 0 Å². The van der Waals surface area contributed by atoms with Gasteiger partial charge in [0.1, 0.15) is 12.4 Å². The molecule has 0 bridgehead atoms. The van der Waals surface area contributed by atoms with Crippen LogP contribution in [0.4, 0.5) is 5.69 Å². The number of primary amides is 1. The molecule has 0 aliphatic rings. The van der Waals surface area contributed by atoms with E-state index in [0.717, 1.165) is 10.7 Å². The molecule has 0 saturated carbocycles. The number of amides is 1. The normalized spacial score (nSPS) is 10.3. The van der Waals surface area contributed by atoms with Crippen LogP contribution >= 0.6 is 11.3 Å². The van der Waals surface area contributed by atoms with Gasteiger partial charge in [0.2, 0.25) is 0 Å². The van der Waals surface area contributed by atoms with E-state index in [1.807, 2.05) is 12.3 Å². The molecule has 0 spiro atoms. The lowest BCUT2D eigenvalue weighted by atomic mass is 10.1. The van der Waals surface area contributed by atoms with Crippen molar-refractivity contribution in [1.29, 1.82) is 0 Å². The number of nitrogen functional groups attached to an aromatic ring is 1. The van der Waals surface area contributed by atoms with E-state index < -0.39 is 5.91 Å². The number of thiazole rings is 1. The number of carbonyl (C=O) groups is 1. The summed E-state index contributed by atoms with van der Waals surface area (Å²) < 4.78 is 5.54. The summed E-state index contributed by atoms with van der Waals surface area (Å²) in [5, 5.41) is 2.88. The van der Waals surface area contributed by atoms with Gasteiger partial charge in [0.05, 0.1) is 16.3 Å². The third-order valence-electron chi connectivity index (χ3n) is 2.31. The van der Waals surface area contributed by atoms with Crippen molar-refractivity contribution in [2.45, 2.75) is 13.5 Å². The number of ether oxygens (including phenoxy) is 1. The van der Waals surface area contributed by atoms with E-state index in [2.05, 4.69) is 4.98 Å². The van der Waals surface area contributed by atoms with Crippen LogP contribution in [0.3, 0.4) is 0 Å². The van der Waals surface area contributed by atoms with Gasteiger partial charge in [-0.1, -0.05) is 0 Å². The lowest BCUT2D eigenvalue weighted by Gasteiger charge is -2.09. The molecule has 6 heteroatoms. The minimum atomic E-state index is -0.542. The average Bonchev–Trinajstić information content (AvgIpc) is 2.72. The lowest BCUT2D eigenvalue weighted by Crippen LogP contribution is -2.13. The number of carbonyl (C=O) groups excluding carboxylic acids is 1. The van der Waals surface area contributed by atoms with E-state index in [1.165, 1.54) is 0 Å². The summed E-state index contributed by atoms with van der Waals surface area (Å²) in [4.78, 5) is 15.5. The zero-order valence-electron chi connectivity index (χ0n) is 9.84. The van der Waals surface area contributed by atoms with Gasteiger partial charge < -0.3 is 16.2 Å². The van der Waals surface area contributed by atoms with Gasteiger partial charge in [-0.05, 0) is 19.1 Å². The maximum atomic E-state index is 11.2. The fourth-order valence-electron chi connectivity index (χ4n) is 1.49. The Morgan fingerprint density at radius 3 is 2.89 bits per heavy atom. The highest BCUT2D eigenvalue weighted by Gasteiger charge is 2.10. The first-order valence-electron chi connectivity index (χ1n) is 5.29. The summed E-state index contributed by atoms with van der Waals surface area (Å²) in [6.07, 6.45) is 0. The predicted molar refractivity (Wildman–Crippen MR) is 70.6 cm³/mol. The van der Waals surface area contributed by atoms with E-state index in [-0.39, 0.29) is 6.61 Å². The molecule has 1 heterocycles. The van der Waals surface area contributed by atoms with E-state index >= 15 is 0 Å². The number of hydrogen-bond acceptors (Lipinski definition) is 5. The van der Waals surface area contributed by atoms with E-state index in [9.17, 15) is 4.79 Å². The number of hydrogen-bond donors (Lipinski definition) is 2. The third-order valence-corrected chi connectivity index (χ3v) is 3.14. The maximum Gasteiger partial charge on any atom is 0.252 e. The Morgan fingerprint density at radius 1 is 1.50 bits per heavy atom. The number of anilines is 1. The maximum absolute atomic E-state index is 11.2. The molecule has 94 valence electrons. The van der Waals surface area contributed by atoms with E-state index in [0.29, 0.717) is 17.0 Å². The molecule has 18 heavy (non-hydrogen) atoms. The number of rotatable bonds is 4. The van der Waals surface area contributed by atoms with Crippen molar-refractivity contribution < 1.29 is 9.53 Å². The van der Waals surface area contributed by atoms with Gasteiger partial charge in [-0.15, -0.1) is 11.3 Å². The Labute approximate surface area is 108 Å². The van der Waals surface area contributed by atoms with Crippen LogP contribution in [0.1, 0.15) is 21.1 Å². The molecule has 2 rings (SSSR count). The molecule has 0 unspecified atom stereocenters. The standard InChI is InChI=1S/C12H13N3O2S/c1-7-15-9(6-18-7)5-17-11-4-8(13)2-3-10(11)12(14)16/h2-4,6H,5,13H2,1H3,(H2,14,16). The van der Waals surface area contributed by atoms with E-state index in [4.69, 9.17) is 16.2 Å². The van der Waals surface area contributed by atoms with Gasteiger partial charge in [-0.3, -0.25) is 4.79 Å². The van der Waals surface area contributed by atoms with Gasteiger partial charge >= 0.3 is 0 Å². The lowest BCUT2D eigenvalue weighted by molar-refractivity contribution is 0.0996. The Bertz CT molecular complexity index is 580. The highest BCUT2D eigenvalue weighted by Crippen LogP contribution is 2.22. The van der Waals surface area contributed by atoms with Gasteiger partial charge in [-0.25, -0.2) is 4.98 Å². The van der Waals surface area contributed by atoms with Crippen molar-refractivity contribution in [3.8, 4) is 5.75 Å². The summed E-state index contributed by atoms with van der Waals surface area (Å²) >= 11 is 1.55. The Balaban J connectivity index is 2.17. The second-order valence-corrected chi connectivity index (χ2v) is 4.83. The molecule has 5 nitrogen and oxygen atoms in total. The molecular formula is C12H13N3O2S. The fraction of sp³-hybridized carbons (Fsp3) is 0.167. The van der Waals surface area contributed by atoms with Crippen LogP contribution < -0.4 is 16.2 Å². The first kappa shape index (κ1) is 12.4. The second kappa shape index (κ2) is 5.05. The quantitative estimate of drug-likeness (QED) is 0.821. The van der Waals surface area contributed by atoms with Gasteiger partial charge in [0, 0.05) is 17.1 Å². The SMILES string of the molecule is Cc1nc(COc2cc(N)ccc2C(N)=O)cs1. The Kier molecular flexibility index (Phi) is 3.47. The Morgan fingerprint density at radius 2 is 2.28 bits per heavy atom. The van der Waals surface area contributed by atoms with E-state index in [1.54, 1.807) is 29.5 Å². The number of nitrogens with two attached hydrogens (primary N) is 2. The summed E-state index contributed by atoms with van der Waals surface area (Å²) in [6.45, 7) is 2.21. The number of aromatic nitrogens is 1. The summed E-state index contributed by atoms with van der Waals surface area (Å²) in [6, 6.07) is 4.75. The summed E-state index contributed by atoms with van der Waals surface area (Å²) in [5.74, 6) is -0.160. The molecule has 1 aromatic heterocycles. The molecule has 0 fully saturated rings. The monoisotopic (exact) mass is 263 g/mol. The molecule has 0 radical (unpaired) electrons. The summed E-state index contributed by atoms with van der Waals surface area (Å²) in [5.41, 5.74) is 12.6. The van der Waals surface area contributed by atoms with Crippen LogP contribution in [-0.2, 0) is 6.61 Å². The molecule has 0 saturated heterocycles. The number of nitrogens with zero attached hydrogens (tertiary/aromatic N) is 1. The minimum Gasteiger partial charge on any atom is -0.486 e. The van der Waals surface area contributed by atoms with Crippen LogP contribution in [0, 0.1) is 6.92 Å². The smallest absolute Gasteiger partial charge is 0.252 e. The van der Waals surface area contributed by atoms with Crippen LogP contribution in [0.15, 0.2) is 23.6 Å². The third kappa shape index (κ3) is 2.78. The molecular weight excluding hydrogens is 250 g/mol. The van der Waals surface area contributed by atoms with Crippen LogP contribution in [0.5, 0.6) is 5.75 Å². The highest BCUT2D eigenvalue weighted by atomic mass is 32.1. The molecule has 0 aliphatic carbocycles. The zero-order chi connectivity index (χ0) is 13.1. The first-order chi connectivity index (χ1) is 8.56. The van der Waals surface area contributed by atoms with Crippen LogP contribution in [0.25, 0.3) is 0 Å². The molecule has 1 aromatic carbocycles. The second-order valence-electron chi connectivity index (χ2n) is 3.77. The van der Waals surface area contributed by atoms with Crippen molar-refractivity contribution >= 4 is 22.9 Å². The first-order valence-corrected chi connectivity index (χ1v) is 6.17. The van der Waals surface area contributed by atoms with Crippen molar-refractivity contribution in [3.05, 3.63) is 39.8 Å². The summed E-state index contributed by atoms with van der Waals surface area (Å²) in [7, 11) is 0. The molecule has 4 N–H and O–H groups in total. The largest absolute Gasteiger partial charge is 0.486 e. The van der Waals surface area contributed by atoms with Crippen LogP contribution in [0.2, 0.25) is 0 Å². The topological polar surface area (TPSA) is 91.2 Å². The van der Waals surface area contributed by atoms with Gasteiger partial charge in [0.15, 0.2) is 0 Å². The Hall–Kier alpha value is -2.08. The zero-order valence-corrected chi connectivity index (χ0v) is 10.7. The number of benzene rings is 1. The van der Waals surface area contributed by atoms with Crippen molar-refractivity contribution in [2.24, 2.45) is 5.73 Å². The van der Waals surface area contributed by atoms with Gasteiger partial charge in [0.25, 0.3) is 5.91 Å². The molecule has 0 atom stereocenters. The number of aryl methyl sites for hydroxylation is 1. The van der Waals surface area contributed by atoms with Crippen LogP contribution in [-0.4, -0.2) is 10.9 Å². The van der Waals surface area contributed by atoms with Gasteiger partial charge in [-0.2, -0.15) is 0 Å². The molecule has 2 aromatic rings. The fourth-order valence-corrected chi connectivity index (χ4v) is 2.09. The highest BCUT2D eigenvalue weighted by molar-refractivity contribution is 7.09. The van der Waals surface area contributed by atoms with Crippen molar-refractivity contribution in [1.82, 2.24) is 4.98 Å². The predicted octanol–water partition coefficient (Wildman–Crippen LogP) is 1.71. The molecule has 0 aliphatic heterocycles.